The molecule has 0 aromatic heterocycles. The average molecular weight is 242 g/mol. The molecule has 2 fully saturated rings. The average Bonchev–Trinajstić information content (AvgIpc) is 2.78. The summed E-state index contributed by atoms with van der Waals surface area (Å²) in [5.74, 6) is 0. The summed E-state index contributed by atoms with van der Waals surface area (Å²) in [6, 6.07) is 1.67. The summed E-state index contributed by atoms with van der Waals surface area (Å²) >= 11 is 2.09. The van der Waals surface area contributed by atoms with Crippen molar-refractivity contribution in [2.75, 3.05) is 25.9 Å². The van der Waals surface area contributed by atoms with Crippen molar-refractivity contribution >= 4 is 11.8 Å². The molecule has 0 spiro atoms. The van der Waals surface area contributed by atoms with Crippen molar-refractivity contribution in [2.24, 2.45) is 0 Å². The molecular weight excluding hydrogens is 216 g/mol. The summed E-state index contributed by atoms with van der Waals surface area (Å²) < 4.78 is 0. The molecule has 94 valence electrons. The minimum Gasteiger partial charge on any atom is -0.314 e. The second kappa shape index (κ2) is 6.27. The first-order chi connectivity index (χ1) is 7.85. The topological polar surface area (TPSA) is 15.3 Å². The Kier molecular flexibility index (Phi) is 4.98. The summed E-state index contributed by atoms with van der Waals surface area (Å²) in [5, 5.41) is 4.50. The van der Waals surface area contributed by atoms with Crippen LogP contribution in [0.3, 0.4) is 0 Å². The standard InChI is InChI=1S/C13H26N2S/c1-3-14-11-7-9-15(10-8-11)12-5-4-6-13(12)16-2/h11-14H,3-10H2,1-2H3. The van der Waals surface area contributed by atoms with E-state index in [0.717, 1.165) is 23.9 Å². The van der Waals surface area contributed by atoms with Gasteiger partial charge in [0.05, 0.1) is 0 Å². The fourth-order valence-corrected chi connectivity index (χ4v) is 4.35. The van der Waals surface area contributed by atoms with E-state index >= 15 is 0 Å². The molecule has 0 aromatic carbocycles. The highest BCUT2D eigenvalue weighted by molar-refractivity contribution is 7.99. The Labute approximate surface area is 105 Å². The molecule has 1 saturated carbocycles. The van der Waals surface area contributed by atoms with E-state index in [9.17, 15) is 0 Å². The number of nitrogens with one attached hydrogen (secondary N) is 1. The molecule has 1 saturated heterocycles. The lowest BCUT2D eigenvalue weighted by Crippen LogP contribution is -2.48. The predicted molar refractivity (Wildman–Crippen MR) is 73.2 cm³/mol. The van der Waals surface area contributed by atoms with Gasteiger partial charge in [-0.3, -0.25) is 4.90 Å². The Bertz CT molecular complexity index is 202. The number of piperidine rings is 1. The number of hydrogen-bond donors (Lipinski definition) is 1. The zero-order valence-corrected chi connectivity index (χ0v) is 11.6. The van der Waals surface area contributed by atoms with Crippen LogP contribution in [0.2, 0.25) is 0 Å². The van der Waals surface area contributed by atoms with Crippen molar-refractivity contribution in [1.29, 1.82) is 0 Å². The van der Waals surface area contributed by atoms with Crippen molar-refractivity contribution < 1.29 is 0 Å². The molecule has 2 atom stereocenters. The molecule has 2 nitrogen and oxygen atoms in total. The Morgan fingerprint density at radius 3 is 2.56 bits per heavy atom. The lowest BCUT2D eigenvalue weighted by molar-refractivity contribution is 0.148. The lowest BCUT2D eigenvalue weighted by Gasteiger charge is -2.38. The van der Waals surface area contributed by atoms with E-state index in [0.29, 0.717) is 0 Å². The van der Waals surface area contributed by atoms with Crippen molar-refractivity contribution in [3.8, 4) is 0 Å². The van der Waals surface area contributed by atoms with Crippen LogP contribution in [0.4, 0.5) is 0 Å². The first kappa shape index (κ1) is 12.7. The molecule has 3 heteroatoms. The van der Waals surface area contributed by atoms with Gasteiger partial charge in [0.1, 0.15) is 0 Å². The maximum absolute atomic E-state index is 3.59. The van der Waals surface area contributed by atoms with E-state index in [2.05, 4.69) is 35.2 Å². The Morgan fingerprint density at radius 1 is 1.19 bits per heavy atom. The van der Waals surface area contributed by atoms with Crippen LogP contribution in [0.15, 0.2) is 0 Å². The SMILES string of the molecule is CCNC1CCN(C2CCCC2SC)CC1. The summed E-state index contributed by atoms with van der Waals surface area (Å²) in [6.07, 6.45) is 9.32. The van der Waals surface area contributed by atoms with Gasteiger partial charge in [-0.05, 0) is 51.6 Å². The van der Waals surface area contributed by atoms with E-state index < -0.39 is 0 Å². The van der Waals surface area contributed by atoms with Crippen LogP contribution in [-0.2, 0) is 0 Å². The third kappa shape index (κ3) is 2.93. The fourth-order valence-electron chi connectivity index (χ4n) is 3.32. The van der Waals surface area contributed by atoms with Gasteiger partial charge in [-0.1, -0.05) is 13.3 Å². The summed E-state index contributed by atoms with van der Waals surface area (Å²) in [4.78, 5) is 2.77. The van der Waals surface area contributed by atoms with Crippen LogP contribution < -0.4 is 5.32 Å². The predicted octanol–water partition coefficient (Wildman–Crippen LogP) is 2.34. The van der Waals surface area contributed by atoms with Gasteiger partial charge in [-0.15, -0.1) is 0 Å². The van der Waals surface area contributed by atoms with Crippen molar-refractivity contribution in [3.63, 3.8) is 0 Å². The Balaban J connectivity index is 1.79. The quantitative estimate of drug-likeness (QED) is 0.814. The van der Waals surface area contributed by atoms with Crippen LogP contribution in [0.1, 0.15) is 39.0 Å². The van der Waals surface area contributed by atoms with Crippen LogP contribution in [0, 0.1) is 0 Å². The van der Waals surface area contributed by atoms with E-state index in [-0.39, 0.29) is 0 Å². The van der Waals surface area contributed by atoms with E-state index in [1.165, 1.54) is 45.2 Å². The molecule has 0 bridgehead atoms. The maximum Gasteiger partial charge on any atom is 0.0214 e. The van der Waals surface area contributed by atoms with Crippen LogP contribution in [0.5, 0.6) is 0 Å². The molecule has 1 aliphatic heterocycles. The number of rotatable bonds is 4. The van der Waals surface area contributed by atoms with E-state index in [4.69, 9.17) is 0 Å². The molecular formula is C13H26N2S. The molecule has 1 heterocycles. The van der Waals surface area contributed by atoms with Gasteiger partial charge in [-0.2, -0.15) is 11.8 Å². The number of hydrogen-bond acceptors (Lipinski definition) is 3. The third-order valence-corrected chi connectivity index (χ3v) is 5.37. The van der Waals surface area contributed by atoms with Crippen molar-refractivity contribution in [2.45, 2.75) is 56.4 Å². The second-order valence-corrected chi connectivity index (χ2v) is 6.22. The molecule has 0 radical (unpaired) electrons. The van der Waals surface area contributed by atoms with Crippen molar-refractivity contribution in [1.82, 2.24) is 10.2 Å². The van der Waals surface area contributed by atoms with Gasteiger partial charge in [0.2, 0.25) is 0 Å². The van der Waals surface area contributed by atoms with Gasteiger partial charge < -0.3 is 5.32 Å². The first-order valence-electron chi connectivity index (χ1n) is 6.85. The highest BCUT2D eigenvalue weighted by Crippen LogP contribution is 2.33. The number of thioether (sulfide) groups is 1. The smallest absolute Gasteiger partial charge is 0.0214 e. The molecule has 0 amide bonds. The maximum atomic E-state index is 3.59. The van der Waals surface area contributed by atoms with E-state index in [1.54, 1.807) is 0 Å². The van der Waals surface area contributed by atoms with Crippen LogP contribution in [-0.4, -0.2) is 48.1 Å². The normalized spacial score (nSPS) is 33.4. The van der Waals surface area contributed by atoms with Gasteiger partial charge in [0.15, 0.2) is 0 Å². The fraction of sp³-hybridized carbons (Fsp3) is 1.00. The van der Waals surface area contributed by atoms with Crippen molar-refractivity contribution in [3.05, 3.63) is 0 Å². The molecule has 1 N–H and O–H groups in total. The Morgan fingerprint density at radius 2 is 1.94 bits per heavy atom. The van der Waals surface area contributed by atoms with Gasteiger partial charge in [0.25, 0.3) is 0 Å². The van der Waals surface area contributed by atoms with Gasteiger partial charge in [0, 0.05) is 17.3 Å². The third-order valence-electron chi connectivity index (χ3n) is 4.21. The largest absolute Gasteiger partial charge is 0.314 e. The van der Waals surface area contributed by atoms with Crippen LogP contribution >= 0.6 is 11.8 Å². The monoisotopic (exact) mass is 242 g/mol. The highest BCUT2D eigenvalue weighted by atomic mass is 32.2. The van der Waals surface area contributed by atoms with E-state index in [1.807, 2.05) is 0 Å². The molecule has 16 heavy (non-hydrogen) atoms. The molecule has 2 unspecified atom stereocenters. The molecule has 2 rings (SSSR count). The second-order valence-electron chi connectivity index (χ2n) is 5.14. The first-order valence-corrected chi connectivity index (χ1v) is 8.14. The molecule has 0 aromatic rings. The summed E-state index contributed by atoms with van der Waals surface area (Å²) in [5.41, 5.74) is 0. The minimum atomic E-state index is 0.787. The molecule has 1 aliphatic carbocycles. The lowest BCUT2D eigenvalue weighted by atomic mass is 10.0. The zero-order valence-electron chi connectivity index (χ0n) is 10.7. The number of nitrogens with zero attached hydrogens (tertiary/aromatic N) is 1. The number of likely N-dealkylation sites (tertiary alicyclic amines) is 1. The summed E-state index contributed by atoms with van der Waals surface area (Å²) in [7, 11) is 0. The highest BCUT2D eigenvalue weighted by Gasteiger charge is 2.33. The molecule has 2 aliphatic rings. The summed E-state index contributed by atoms with van der Waals surface area (Å²) in [6.45, 7) is 5.98. The van der Waals surface area contributed by atoms with Gasteiger partial charge >= 0.3 is 0 Å². The zero-order chi connectivity index (χ0) is 11.4. The van der Waals surface area contributed by atoms with Crippen LogP contribution in [0.25, 0.3) is 0 Å². The minimum absolute atomic E-state index is 0.787. The Hall–Kier alpha value is 0.270. The van der Waals surface area contributed by atoms with Gasteiger partial charge in [-0.25, -0.2) is 0 Å².